The van der Waals surface area contributed by atoms with Gasteiger partial charge in [0.25, 0.3) is 0 Å². The molecule has 4 aromatic rings. The van der Waals surface area contributed by atoms with Gasteiger partial charge in [-0.2, -0.15) is 0 Å². The first-order chi connectivity index (χ1) is 15.0. The molecule has 2 aromatic heterocycles. The second kappa shape index (κ2) is 7.24. The van der Waals surface area contributed by atoms with E-state index >= 15 is 0 Å². The SMILES string of the molecule is COc1ccc2c(c1)c(C=C1Oc3cc(O)cc(O)c3C1=O)cn2CCn1ccnc1. The Kier molecular flexibility index (Phi) is 4.39. The summed E-state index contributed by atoms with van der Waals surface area (Å²) in [7, 11) is 1.60. The number of ketones is 1. The molecule has 0 atom stereocenters. The molecule has 0 amide bonds. The number of allylic oxidation sites excluding steroid dienone is 1. The van der Waals surface area contributed by atoms with Crippen LogP contribution in [0.15, 0.2) is 61.0 Å². The van der Waals surface area contributed by atoms with Crippen molar-refractivity contribution in [1.29, 1.82) is 0 Å². The first kappa shape index (κ1) is 18.8. The maximum atomic E-state index is 12.8. The summed E-state index contributed by atoms with van der Waals surface area (Å²) in [4.78, 5) is 16.9. The van der Waals surface area contributed by atoms with E-state index in [0.717, 1.165) is 29.1 Å². The number of carbonyl (C=O) groups is 1. The molecule has 2 aromatic carbocycles. The number of aryl methyl sites for hydroxylation is 2. The smallest absolute Gasteiger partial charge is 0.235 e. The number of fused-ring (bicyclic) bond motifs is 2. The monoisotopic (exact) mass is 417 g/mol. The van der Waals surface area contributed by atoms with Crippen molar-refractivity contribution in [2.75, 3.05) is 7.11 Å². The lowest BCUT2D eigenvalue weighted by Crippen LogP contribution is -2.04. The van der Waals surface area contributed by atoms with Gasteiger partial charge in [0.15, 0.2) is 5.76 Å². The maximum absolute atomic E-state index is 12.8. The Morgan fingerprint density at radius 1 is 1.19 bits per heavy atom. The molecule has 31 heavy (non-hydrogen) atoms. The van der Waals surface area contributed by atoms with E-state index in [1.807, 2.05) is 35.2 Å². The number of Topliss-reactive ketones (excluding diaryl/α,β-unsaturated/α-hetero) is 1. The zero-order valence-corrected chi connectivity index (χ0v) is 16.6. The van der Waals surface area contributed by atoms with Crippen molar-refractivity contribution in [3.63, 3.8) is 0 Å². The van der Waals surface area contributed by atoms with Crippen molar-refractivity contribution in [1.82, 2.24) is 14.1 Å². The Balaban J connectivity index is 1.56. The van der Waals surface area contributed by atoms with Gasteiger partial charge in [-0.3, -0.25) is 4.79 Å². The number of nitrogens with zero attached hydrogens (tertiary/aromatic N) is 3. The Labute approximate surface area is 177 Å². The number of ether oxygens (including phenoxy) is 2. The van der Waals surface area contributed by atoms with Crippen molar-refractivity contribution >= 4 is 22.8 Å². The van der Waals surface area contributed by atoms with E-state index in [1.54, 1.807) is 25.7 Å². The molecule has 8 heteroatoms. The number of benzene rings is 2. The first-order valence-electron chi connectivity index (χ1n) is 9.66. The Morgan fingerprint density at radius 2 is 2.06 bits per heavy atom. The minimum atomic E-state index is -0.435. The van der Waals surface area contributed by atoms with Gasteiger partial charge in [0, 0.05) is 60.3 Å². The number of methoxy groups -OCH3 is 1. The fourth-order valence-electron chi connectivity index (χ4n) is 3.79. The summed E-state index contributed by atoms with van der Waals surface area (Å²) in [6, 6.07) is 8.20. The van der Waals surface area contributed by atoms with Crippen molar-refractivity contribution in [2.45, 2.75) is 13.1 Å². The van der Waals surface area contributed by atoms with Gasteiger partial charge in [-0.15, -0.1) is 0 Å². The topological polar surface area (TPSA) is 98.7 Å². The number of hydrogen-bond acceptors (Lipinski definition) is 6. The first-order valence-corrected chi connectivity index (χ1v) is 9.66. The third-order valence-corrected chi connectivity index (χ3v) is 5.30. The van der Waals surface area contributed by atoms with E-state index in [-0.39, 0.29) is 28.6 Å². The fraction of sp³-hybridized carbons (Fsp3) is 0.130. The Morgan fingerprint density at radius 3 is 2.84 bits per heavy atom. The second-order valence-corrected chi connectivity index (χ2v) is 7.24. The van der Waals surface area contributed by atoms with Crippen LogP contribution in [0.2, 0.25) is 0 Å². The molecule has 0 saturated heterocycles. The minimum Gasteiger partial charge on any atom is -0.508 e. The number of phenolic OH excluding ortho intramolecular Hbond substituents is 2. The van der Waals surface area contributed by atoms with Gasteiger partial charge < -0.3 is 28.8 Å². The van der Waals surface area contributed by atoms with Crippen LogP contribution in [0.1, 0.15) is 15.9 Å². The summed E-state index contributed by atoms with van der Waals surface area (Å²) in [5, 5.41) is 20.6. The molecule has 0 unspecified atom stereocenters. The predicted octanol–water partition coefficient (Wildman–Crippen LogP) is 3.57. The summed E-state index contributed by atoms with van der Waals surface area (Å²) < 4.78 is 15.1. The van der Waals surface area contributed by atoms with Gasteiger partial charge in [-0.25, -0.2) is 4.98 Å². The summed E-state index contributed by atoms with van der Waals surface area (Å²) in [6.07, 6.45) is 9.01. The van der Waals surface area contributed by atoms with E-state index in [0.29, 0.717) is 12.3 Å². The van der Waals surface area contributed by atoms with E-state index in [9.17, 15) is 15.0 Å². The molecule has 1 aliphatic heterocycles. The zero-order chi connectivity index (χ0) is 21.5. The molecule has 0 saturated carbocycles. The highest BCUT2D eigenvalue weighted by Gasteiger charge is 2.31. The van der Waals surface area contributed by atoms with Crippen LogP contribution in [0.4, 0.5) is 0 Å². The third kappa shape index (κ3) is 3.28. The van der Waals surface area contributed by atoms with Crippen LogP contribution in [-0.4, -0.2) is 37.2 Å². The summed E-state index contributed by atoms with van der Waals surface area (Å²) >= 11 is 0. The van der Waals surface area contributed by atoms with Gasteiger partial charge in [0.2, 0.25) is 5.78 Å². The van der Waals surface area contributed by atoms with E-state index < -0.39 is 5.78 Å². The lowest BCUT2D eigenvalue weighted by molar-refractivity contribution is 0.101. The number of aromatic hydroxyl groups is 2. The molecule has 0 spiro atoms. The molecule has 156 valence electrons. The molecule has 8 nitrogen and oxygen atoms in total. The van der Waals surface area contributed by atoms with Crippen LogP contribution >= 0.6 is 0 Å². The number of imidazole rings is 1. The summed E-state index contributed by atoms with van der Waals surface area (Å²) in [5.74, 6) is -0.0136. The van der Waals surface area contributed by atoms with Crippen molar-refractivity contribution in [3.05, 3.63) is 72.1 Å². The molecular formula is C23H19N3O5. The van der Waals surface area contributed by atoms with Crippen LogP contribution < -0.4 is 9.47 Å². The highest BCUT2D eigenvalue weighted by molar-refractivity contribution is 6.16. The second-order valence-electron chi connectivity index (χ2n) is 7.24. The minimum absolute atomic E-state index is 0.0467. The predicted molar refractivity (Wildman–Crippen MR) is 113 cm³/mol. The number of rotatable bonds is 5. The Bertz CT molecular complexity index is 1340. The zero-order valence-electron chi connectivity index (χ0n) is 16.6. The van der Waals surface area contributed by atoms with Crippen molar-refractivity contribution in [3.8, 4) is 23.0 Å². The lowest BCUT2D eigenvalue weighted by Gasteiger charge is -2.06. The number of phenols is 2. The summed E-state index contributed by atoms with van der Waals surface area (Å²) in [5.41, 5.74) is 1.81. The summed E-state index contributed by atoms with van der Waals surface area (Å²) in [6.45, 7) is 1.44. The molecule has 5 rings (SSSR count). The molecule has 0 aliphatic carbocycles. The standard InChI is InChI=1S/C23H19N3O5/c1-30-16-2-3-18-17(11-16)14(12-26(18)7-6-25-5-4-24-13-25)8-21-23(29)22-19(28)9-15(27)10-20(22)31-21/h2-5,8-13,27-28H,6-7H2,1H3. The molecule has 3 heterocycles. The van der Waals surface area contributed by atoms with E-state index in [1.165, 1.54) is 6.07 Å². The van der Waals surface area contributed by atoms with Crippen LogP contribution in [0.3, 0.4) is 0 Å². The number of hydrogen-bond donors (Lipinski definition) is 2. The van der Waals surface area contributed by atoms with Gasteiger partial charge in [-0.1, -0.05) is 0 Å². The van der Waals surface area contributed by atoms with Gasteiger partial charge in [-0.05, 0) is 24.3 Å². The van der Waals surface area contributed by atoms with Gasteiger partial charge in [0.05, 0.1) is 13.4 Å². The molecular weight excluding hydrogens is 398 g/mol. The normalized spacial score (nSPS) is 14.2. The average molecular weight is 417 g/mol. The third-order valence-electron chi connectivity index (χ3n) is 5.30. The molecule has 0 bridgehead atoms. The van der Waals surface area contributed by atoms with Crippen LogP contribution in [-0.2, 0) is 13.1 Å². The van der Waals surface area contributed by atoms with Crippen LogP contribution in [0, 0.1) is 0 Å². The van der Waals surface area contributed by atoms with Crippen molar-refractivity contribution < 1.29 is 24.5 Å². The Hall–Kier alpha value is -4.20. The quantitative estimate of drug-likeness (QED) is 0.482. The molecule has 2 N–H and O–H groups in total. The lowest BCUT2D eigenvalue weighted by atomic mass is 10.1. The van der Waals surface area contributed by atoms with E-state index in [2.05, 4.69) is 9.55 Å². The van der Waals surface area contributed by atoms with E-state index in [4.69, 9.17) is 9.47 Å². The molecule has 0 radical (unpaired) electrons. The van der Waals surface area contributed by atoms with Crippen LogP contribution in [0.5, 0.6) is 23.0 Å². The average Bonchev–Trinajstić information content (AvgIpc) is 3.45. The molecule has 0 fully saturated rings. The maximum Gasteiger partial charge on any atom is 0.235 e. The van der Waals surface area contributed by atoms with Gasteiger partial charge >= 0.3 is 0 Å². The number of carbonyl (C=O) groups excluding carboxylic acids is 1. The fourth-order valence-corrected chi connectivity index (χ4v) is 3.79. The molecule has 1 aliphatic rings. The highest BCUT2D eigenvalue weighted by atomic mass is 16.5. The largest absolute Gasteiger partial charge is 0.508 e. The van der Waals surface area contributed by atoms with Crippen LogP contribution in [0.25, 0.3) is 17.0 Å². The highest BCUT2D eigenvalue weighted by Crippen LogP contribution is 2.41. The van der Waals surface area contributed by atoms with Gasteiger partial charge in [0.1, 0.15) is 28.6 Å². The van der Waals surface area contributed by atoms with Crippen molar-refractivity contribution in [2.24, 2.45) is 0 Å². The number of aromatic nitrogens is 3.